The number of anilines is 1. The number of aldehydes is 1. The number of carbonyl (C=O) groups excluding carboxylic acids is 2. The largest absolute Gasteiger partial charge is 0.443 e. The van der Waals surface area contributed by atoms with E-state index in [1.54, 1.807) is 20.8 Å². The molecule has 0 saturated heterocycles. The first-order chi connectivity index (χ1) is 9.14. The summed E-state index contributed by atoms with van der Waals surface area (Å²) < 4.78 is 31.6. The van der Waals surface area contributed by atoms with Gasteiger partial charge in [0.2, 0.25) is 0 Å². The smallest absolute Gasteiger partial charge is 0.415 e. The lowest BCUT2D eigenvalue weighted by molar-refractivity contribution is -0.108. The van der Waals surface area contributed by atoms with Crippen LogP contribution in [-0.2, 0) is 9.53 Å². The van der Waals surface area contributed by atoms with Gasteiger partial charge in [-0.3, -0.25) is 4.90 Å². The molecule has 0 unspecified atom stereocenters. The second kappa shape index (κ2) is 5.98. The highest BCUT2D eigenvalue weighted by Crippen LogP contribution is 2.22. The van der Waals surface area contributed by atoms with Gasteiger partial charge in [0.05, 0.1) is 11.7 Å². The summed E-state index contributed by atoms with van der Waals surface area (Å²) in [6.07, 6.45) is -0.352. The third-order valence-corrected chi connectivity index (χ3v) is 2.32. The molecule has 0 aliphatic heterocycles. The van der Waals surface area contributed by atoms with Gasteiger partial charge in [0, 0.05) is 6.07 Å². The van der Waals surface area contributed by atoms with Crippen molar-refractivity contribution < 1.29 is 23.1 Å². The summed E-state index contributed by atoms with van der Waals surface area (Å²) in [5, 5.41) is 0. The second-order valence-electron chi connectivity index (χ2n) is 5.35. The number of hydrogen-bond acceptors (Lipinski definition) is 3. The van der Waals surface area contributed by atoms with Crippen molar-refractivity contribution in [2.45, 2.75) is 39.3 Å². The Morgan fingerprint density at radius 3 is 2.15 bits per heavy atom. The first-order valence-corrected chi connectivity index (χ1v) is 6.07. The van der Waals surface area contributed by atoms with Crippen LogP contribution in [0.25, 0.3) is 0 Å². The van der Waals surface area contributed by atoms with Crippen molar-refractivity contribution in [3.63, 3.8) is 0 Å². The lowest BCUT2D eigenvalue weighted by Crippen LogP contribution is -2.43. The van der Waals surface area contributed by atoms with Gasteiger partial charge >= 0.3 is 6.09 Å². The summed E-state index contributed by atoms with van der Waals surface area (Å²) in [6.45, 7) is 6.39. The second-order valence-corrected chi connectivity index (χ2v) is 5.35. The lowest BCUT2D eigenvalue weighted by Gasteiger charge is -2.29. The van der Waals surface area contributed by atoms with Crippen LogP contribution in [0.2, 0.25) is 0 Å². The number of halogens is 2. The molecular weight excluding hydrogens is 268 g/mol. The van der Waals surface area contributed by atoms with Crippen LogP contribution in [0.4, 0.5) is 19.3 Å². The number of ether oxygens (including phenoxy) is 1. The van der Waals surface area contributed by atoms with Crippen LogP contribution in [0, 0.1) is 11.6 Å². The molecule has 1 atom stereocenters. The van der Waals surface area contributed by atoms with Gasteiger partial charge in [-0.25, -0.2) is 13.6 Å². The van der Waals surface area contributed by atoms with E-state index in [1.807, 2.05) is 0 Å². The molecule has 110 valence electrons. The third kappa shape index (κ3) is 4.29. The highest BCUT2D eigenvalue weighted by Gasteiger charge is 2.28. The SMILES string of the molecule is C[C@@H](C=O)N(C(=O)OC(C)(C)C)c1cc(F)cc(F)c1. The van der Waals surface area contributed by atoms with Gasteiger partial charge in [0.1, 0.15) is 23.5 Å². The Balaban J connectivity index is 3.18. The molecular formula is C14H17F2NO3. The van der Waals surface area contributed by atoms with Crippen LogP contribution < -0.4 is 4.90 Å². The molecule has 1 aromatic rings. The quantitative estimate of drug-likeness (QED) is 0.801. The van der Waals surface area contributed by atoms with Crippen LogP contribution in [-0.4, -0.2) is 24.0 Å². The molecule has 0 N–H and O–H groups in total. The lowest BCUT2D eigenvalue weighted by atomic mass is 10.2. The molecule has 20 heavy (non-hydrogen) atoms. The Hall–Kier alpha value is -1.98. The number of hydrogen-bond donors (Lipinski definition) is 0. The van der Waals surface area contributed by atoms with Gasteiger partial charge < -0.3 is 9.53 Å². The fourth-order valence-electron chi connectivity index (χ4n) is 1.56. The number of benzene rings is 1. The van der Waals surface area contributed by atoms with Crippen molar-refractivity contribution in [3.8, 4) is 0 Å². The maximum Gasteiger partial charge on any atom is 0.415 e. The third-order valence-electron chi connectivity index (χ3n) is 2.32. The van der Waals surface area contributed by atoms with Crippen molar-refractivity contribution in [2.24, 2.45) is 0 Å². The molecule has 0 saturated carbocycles. The molecule has 1 aromatic carbocycles. The Kier molecular flexibility index (Phi) is 4.81. The first-order valence-electron chi connectivity index (χ1n) is 6.07. The Morgan fingerprint density at radius 2 is 1.75 bits per heavy atom. The van der Waals surface area contributed by atoms with E-state index in [9.17, 15) is 18.4 Å². The normalized spacial score (nSPS) is 12.7. The molecule has 0 spiro atoms. The summed E-state index contributed by atoms with van der Waals surface area (Å²) in [5.74, 6) is -1.68. The van der Waals surface area contributed by atoms with Crippen molar-refractivity contribution >= 4 is 18.1 Å². The first kappa shape index (κ1) is 16.1. The zero-order valence-electron chi connectivity index (χ0n) is 11.8. The fraction of sp³-hybridized carbons (Fsp3) is 0.429. The molecule has 0 aliphatic rings. The van der Waals surface area contributed by atoms with Gasteiger partial charge in [-0.05, 0) is 39.8 Å². The molecule has 0 heterocycles. The van der Waals surface area contributed by atoms with Crippen molar-refractivity contribution in [1.82, 2.24) is 0 Å². The summed E-state index contributed by atoms with van der Waals surface area (Å²) in [5.41, 5.74) is -0.861. The maximum absolute atomic E-state index is 13.2. The van der Waals surface area contributed by atoms with E-state index in [2.05, 4.69) is 0 Å². The minimum absolute atomic E-state index is 0.0728. The molecule has 6 heteroatoms. The van der Waals surface area contributed by atoms with Gasteiger partial charge in [0.15, 0.2) is 0 Å². The Morgan fingerprint density at radius 1 is 1.25 bits per heavy atom. The topological polar surface area (TPSA) is 46.6 Å². The highest BCUT2D eigenvalue weighted by atomic mass is 19.1. The van der Waals surface area contributed by atoms with E-state index >= 15 is 0 Å². The van der Waals surface area contributed by atoms with E-state index in [0.717, 1.165) is 17.0 Å². The van der Waals surface area contributed by atoms with Crippen molar-refractivity contribution in [3.05, 3.63) is 29.8 Å². The van der Waals surface area contributed by atoms with Crippen LogP contribution in [0.1, 0.15) is 27.7 Å². The Labute approximate surface area is 116 Å². The summed E-state index contributed by atoms with van der Waals surface area (Å²) in [4.78, 5) is 23.9. The molecule has 0 aliphatic carbocycles. The number of amides is 1. The van der Waals surface area contributed by atoms with E-state index in [4.69, 9.17) is 4.74 Å². The number of carbonyl (C=O) groups is 2. The molecule has 0 fully saturated rings. The Bertz CT molecular complexity index is 491. The summed E-state index contributed by atoms with van der Waals surface area (Å²) >= 11 is 0. The summed E-state index contributed by atoms with van der Waals surface area (Å²) in [7, 11) is 0. The van der Waals surface area contributed by atoms with Gasteiger partial charge in [-0.15, -0.1) is 0 Å². The van der Waals surface area contributed by atoms with Crippen molar-refractivity contribution in [1.29, 1.82) is 0 Å². The van der Waals surface area contributed by atoms with E-state index < -0.39 is 29.4 Å². The van der Waals surface area contributed by atoms with E-state index in [1.165, 1.54) is 6.92 Å². The molecule has 0 radical (unpaired) electrons. The standard InChI is InChI=1S/C14H17F2NO3/c1-9(8-18)17(13(19)20-14(2,3)4)12-6-10(15)5-11(16)7-12/h5-9H,1-4H3/t9-/m0/s1. The average molecular weight is 285 g/mol. The molecule has 0 aromatic heterocycles. The van der Waals surface area contributed by atoms with Crippen LogP contribution in [0.3, 0.4) is 0 Å². The zero-order valence-corrected chi connectivity index (χ0v) is 11.8. The molecule has 0 bridgehead atoms. The summed E-state index contributed by atoms with van der Waals surface area (Å²) in [6, 6.07) is 1.70. The van der Waals surface area contributed by atoms with Crippen LogP contribution in [0.15, 0.2) is 18.2 Å². The predicted molar refractivity (Wildman–Crippen MR) is 70.6 cm³/mol. The van der Waals surface area contributed by atoms with Crippen molar-refractivity contribution in [2.75, 3.05) is 4.90 Å². The minimum atomic E-state index is -0.911. The van der Waals surface area contributed by atoms with E-state index in [0.29, 0.717) is 12.4 Å². The van der Waals surface area contributed by atoms with Gasteiger partial charge in [0.25, 0.3) is 0 Å². The van der Waals surface area contributed by atoms with E-state index in [-0.39, 0.29) is 5.69 Å². The van der Waals surface area contributed by atoms with Crippen LogP contribution >= 0.6 is 0 Å². The predicted octanol–water partition coefficient (Wildman–Crippen LogP) is 3.29. The zero-order chi connectivity index (χ0) is 15.5. The monoisotopic (exact) mass is 285 g/mol. The number of nitrogens with zero attached hydrogens (tertiary/aromatic N) is 1. The maximum atomic E-state index is 13.2. The molecule has 4 nitrogen and oxygen atoms in total. The number of rotatable bonds is 3. The van der Waals surface area contributed by atoms with Crippen LogP contribution in [0.5, 0.6) is 0 Å². The van der Waals surface area contributed by atoms with Gasteiger partial charge in [-0.2, -0.15) is 0 Å². The average Bonchev–Trinajstić information content (AvgIpc) is 2.24. The minimum Gasteiger partial charge on any atom is -0.443 e. The molecule has 1 rings (SSSR count). The fourth-order valence-corrected chi connectivity index (χ4v) is 1.56. The van der Waals surface area contributed by atoms with Gasteiger partial charge in [-0.1, -0.05) is 0 Å². The highest BCUT2D eigenvalue weighted by molar-refractivity contribution is 5.92. The molecule has 1 amide bonds.